The van der Waals surface area contributed by atoms with Gasteiger partial charge < -0.3 is 4.57 Å². The molecule has 1 aromatic carbocycles. The molecule has 0 atom stereocenters. The van der Waals surface area contributed by atoms with Gasteiger partial charge in [-0.1, -0.05) is 18.2 Å². The smallest absolute Gasteiger partial charge is 0.232 e. The van der Waals surface area contributed by atoms with E-state index in [2.05, 4.69) is 9.88 Å². The molecule has 0 N–H and O–H groups in total. The summed E-state index contributed by atoms with van der Waals surface area (Å²) in [6, 6.07) is 7.69. The second-order valence-corrected chi connectivity index (χ2v) is 7.54. The number of aryl methyl sites for hydroxylation is 1. The zero-order valence-corrected chi connectivity index (χ0v) is 13.6. The molecular formula is C15H20N4O2S. The molecule has 0 saturated heterocycles. The maximum atomic E-state index is 12.1. The Morgan fingerprint density at radius 2 is 2.00 bits per heavy atom. The number of anilines is 1. The van der Waals surface area contributed by atoms with Crippen LogP contribution < -0.4 is 4.31 Å². The lowest BCUT2D eigenvalue weighted by atomic mass is 10.1. The number of imidazole rings is 1. The van der Waals surface area contributed by atoms with Crippen molar-refractivity contribution in [2.45, 2.75) is 13.1 Å². The number of sulfonamides is 1. The lowest BCUT2D eigenvalue weighted by molar-refractivity contribution is 0.261. The molecule has 0 unspecified atom stereocenters. The van der Waals surface area contributed by atoms with E-state index in [9.17, 15) is 8.42 Å². The summed E-state index contributed by atoms with van der Waals surface area (Å²) in [5.74, 6) is 0.977. The minimum atomic E-state index is -3.27. The third kappa shape index (κ3) is 3.00. The Kier molecular flexibility index (Phi) is 3.92. The molecule has 1 aliphatic heterocycles. The predicted octanol–water partition coefficient (Wildman–Crippen LogP) is 1.20. The van der Waals surface area contributed by atoms with Gasteiger partial charge in [0, 0.05) is 39.1 Å². The lowest BCUT2D eigenvalue weighted by Crippen LogP contribution is -2.35. The van der Waals surface area contributed by atoms with Crippen LogP contribution in [0.1, 0.15) is 11.4 Å². The second-order valence-electron chi connectivity index (χ2n) is 5.63. The molecule has 118 valence electrons. The summed E-state index contributed by atoms with van der Waals surface area (Å²) in [6.07, 6.45) is 4.96. The number of fused-ring (bicyclic) bond motifs is 1. The van der Waals surface area contributed by atoms with Crippen molar-refractivity contribution in [3.05, 3.63) is 48.0 Å². The van der Waals surface area contributed by atoms with Gasteiger partial charge in [0.1, 0.15) is 5.82 Å². The third-order valence-electron chi connectivity index (χ3n) is 3.96. The normalized spacial score (nSPS) is 16.4. The van der Waals surface area contributed by atoms with E-state index in [-0.39, 0.29) is 0 Å². The molecule has 0 fully saturated rings. The minimum absolute atomic E-state index is 0.459. The van der Waals surface area contributed by atoms with Crippen LogP contribution in [0, 0.1) is 0 Å². The molecule has 0 radical (unpaired) electrons. The molecule has 0 aliphatic carbocycles. The van der Waals surface area contributed by atoms with Crippen LogP contribution in [0.25, 0.3) is 0 Å². The average Bonchev–Trinajstić information content (AvgIpc) is 2.75. The zero-order chi connectivity index (χ0) is 15.7. The van der Waals surface area contributed by atoms with Gasteiger partial charge in [0.15, 0.2) is 0 Å². The molecule has 6 nitrogen and oxygen atoms in total. The topological polar surface area (TPSA) is 58.4 Å². The molecule has 2 heterocycles. The summed E-state index contributed by atoms with van der Waals surface area (Å²) in [6.45, 7) is 2.55. The molecule has 2 aromatic rings. The first-order chi connectivity index (χ1) is 10.4. The quantitative estimate of drug-likeness (QED) is 0.853. The van der Waals surface area contributed by atoms with E-state index in [0.29, 0.717) is 19.6 Å². The number of hydrogen-bond donors (Lipinski definition) is 0. The Labute approximate surface area is 131 Å². The summed E-state index contributed by atoms with van der Waals surface area (Å²) >= 11 is 0. The van der Waals surface area contributed by atoms with Gasteiger partial charge in [-0.2, -0.15) is 0 Å². The number of nitrogens with zero attached hydrogens (tertiary/aromatic N) is 4. The van der Waals surface area contributed by atoms with Gasteiger partial charge in [0.2, 0.25) is 10.0 Å². The highest BCUT2D eigenvalue weighted by atomic mass is 32.2. The van der Waals surface area contributed by atoms with Crippen molar-refractivity contribution in [2.24, 2.45) is 7.05 Å². The highest BCUT2D eigenvalue weighted by molar-refractivity contribution is 7.92. The summed E-state index contributed by atoms with van der Waals surface area (Å²) in [5, 5.41) is 0. The molecule has 3 rings (SSSR count). The SMILES string of the molecule is Cn1ccnc1CN1CCN(S(C)(=O)=O)c2ccccc2C1. The first-order valence-corrected chi connectivity index (χ1v) is 9.04. The van der Waals surface area contributed by atoms with Crippen LogP contribution >= 0.6 is 0 Å². The monoisotopic (exact) mass is 320 g/mol. The summed E-state index contributed by atoms with van der Waals surface area (Å²) in [7, 11) is -1.30. The maximum Gasteiger partial charge on any atom is 0.232 e. The largest absolute Gasteiger partial charge is 0.337 e. The second kappa shape index (κ2) is 5.73. The van der Waals surface area contributed by atoms with E-state index in [0.717, 1.165) is 23.6 Å². The zero-order valence-electron chi connectivity index (χ0n) is 12.8. The Hall–Kier alpha value is -1.86. The minimum Gasteiger partial charge on any atom is -0.337 e. The number of para-hydroxylation sites is 1. The van der Waals surface area contributed by atoms with Crippen LogP contribution in [0.2, 0.25) is 0 Å². The summed E-state index contributed by atoms with van der Waals surface area (Å²) in [5.41, 5.74) is 1.81. The number of rotatable bonds is 3. The molecule has 0 bridgehead atoms. The van der Waals surface area contributed by atoms with Crippen molar-refractivity contribution in [3.8, 4) is 0 Å². The van der Waals surface area contributed by atoms with Crippen molar-refractivity contribution < 1.29 is 8.42 Å². The van der Waals surface area contributed by atoms with E-state index in [4.69, 9.17) is 0 Å². The van der Waals surface area contributed by atoms with Crippen LogP contribution in [0.3, 0.4) is 0 Å². The van der Waals surface area contributed by atoms with E-state index in [1.165, 1.54) is 10.6 Å². The lowest BCUT2D eigenvalue weighted by Gasteiger charge is -2.22. The fourth-order valence-electron chi connectivity index (χ4n) is 2.79. The molecule has 7 heteroatoms. The van der Waals surface area contributed by atoms with E-state index < -0.39 is 10.0 Å². The average molecular weight is 320 g/mol. The van der Waals surface area contributed by atoms with Crippen LogP contribution in [-0.4, -0.2) is 42.2 Å². The highest BCUT2D eigenvalue weighted by Crippen LogP contribution is 2.27. The number of hydrogen-bond acceptors (Lipinski definition) is 4. The first kappa shape index (κ1) is 15.1. The first-order valence-electron chi connectivity index (χ1n) is 7.19. The fraction of sp³-hybridized carbons (Fsp3) is 0.400. The molecular weight excluding hydrogens is 300 g/mol. The van der Waals surface area contributed by atoms with Crippen molar-refractivity contribution in [1.82, 2.24) is 14.5 Å². The van der Waals surface area contributed by atoms with Crippen molar-refractivity contribution in [1.29, 1.82) is 0 Å². The summed E-state index contributed by atoms with van der Waals surface area (Å²) in [4.78, 5) is 6.58. The number of benzene rings is 1. The molecule has 1 aromatic heterocycles. The predicted molar refractivity (Wildman–Crippen MR) is 86.0 cm³/mol. The van der Waals surface area contributed by atoms with E-state index in [1.54, 1.807) is 6.20 Å². The maximum absolute atomic E-state index is 12.1. The van der Waals surface area contributed by atoms with Gasteiger partial charge in [-0.3, -0.25) is 9.21 Å². The Morgan fingerprint density at radius 3 is 2.68 bits per heavy atom. The van der Waals surface area contributed by atoms with Gasteiger partial charge in [-0.15, -0.1) is 0 Å². The van der Waals surface area contributed by atoms with Gasteiger partial charge in [-0.25, -0.2) is 13.4 Å². The van der Waals surface area contributed by atoms with Gasteiger partial charge >= 0.3 is 0 Å². The van der Waals surface area contributed by atoms with Crippen molar-refractivity contribution in [3.63, 3.8) is 0 Å². The van der Waals surface area contributed by atoms with Gasteiger partial charge in [0.25, 0.3) is 0 Å². The molecule has 22 heavy (non-hydrogen) atoms. The van der Waals surface area contributed by atoms with Crippen molar-refractivity contribution >= 4 is 15.7 Å². The van der Waals surface area contributed by atoms with Gasteiger partial charge in [-0.05, 0) is 11.6 Å². The van der Waals surface area contributed by atoms with Crippen molar-refractivity contribution in [2.75, 3.05) is 23.7 Å². The molecule has 0 spiro atoms. The third-order valence-corrected chi connectivity index (χ3v) is 5.14. The van der Waals surface area contributed by atoms with E-state index in [1.807, 2.05) is 42.1 Å². The fourth-order valence-corrected chi connectivity index (χ4v) is 3.74. The number of aromatic nitrogens is 2. The Balaban J connectivity index is 1.90. The standard InChI is InChI=1S/C15H20N4O2S/c1-17-8-7-16-15(17)12-18-9-10-19(22(2,20)21)14-6-4-3-5-13(14)11-18/h3-8H,9-12H2,1-2H3. The van der Waals surface area contributed by atoms with Crippen LogP contribution in [0.5, 0.6) is 0 Å². The van der Waals surface area contributed by atoms with Gasteiger partial charge in [0.05, 0.1) is 18.5 Å². The molecule has 0 saturated carbocycles. The molecule has 0 amide bonds. The van der Waals surface area contributed by atoms with E-state index >= 15 is 0 Å². The van der Waals surface area contributed by atoms with Crippen LogP contribution in [0.15, 0.2) is 36.7 Å². The molecule has 1 aliphatic rings. The highest BCUT2D eigenvalue weighted by Gasteiger charge is 2.25. The van der Waals surface area contributed by atoms with Crippen LogP contribution in [0.4, 0.5) is 5.69 Å². The Bertz CT molecular complexity index is 769. The van der Waals surface area contributed by atoms with Crippen LogP contribution in [-0.2, 0) is 30.2 Å². The summed E-state index contributed by atoms with van der Waals surface area (Å²) < 4.78 is 27.6. The Morgan fingerprint density at radius 1 is 1.23 bits per heavy atom.